The molecule has 0 radical (unpaired) electrons. The van der Waals surface area contributed by atoms with E-state index in [0.29, 0.717) is 24.4 Å². The molecule has 2 aromatic rings. The van der Waals surface area contributed by atoms with Crippen LogP contribution in [0.4, 0.5) is 17.6 Å². The summed E-state index contributed by atoms with van der Waals surface area (Å²) < 4.78 is 52.8. The molecule has 4 nitrogen and oxygen atoms in total. The maximum atomic E-state index is 14.2. The molecule has 2 heterocycles. The lowest BCUT2D eigenvalue weighted by Gasteiger charge is -2.28. The van der Waals surface area contributed by atoms with E-state index in [4.69, 9.17) is 0 Å². The predicted molar refractivity (Wildman–Crippen MR) is 86.1 cm³/mol. The summed E-state index contributed by atoms with van der Waals surface area (Å²) in [4.78, 5) is 21.4. The quantitative estimate of drug-likeness (QED) is 0.847. The summed E-state index contributed by atoms with van der Waals surface area (Å²) in [6.07, 6.45) is -2.14. The Labute approximate surface area is 146 Å². The molecule has 0 unspecified atom stereocenters. The Morgan fingerprint density at radius 1 is 1.27 bits per heavy atom. The SMILES string of the molecule is O=c1[nH]c(C2CC2)nc2c1CN(Cc1cccc(C(F)(F)F)c1F)CC2. The van der Waals surface area contributed by atoms with E-state index in [-0.39, 0.29) is 24.2 Å². The predicted octanol–water partition coefficient (Wildman–Crippen LogP) is 3.36. The van der Waals surface area contributed by atoms with Crippen molar-refractivity contribution in [3.8, 4) is 0 Å². The van der Waals surface area contributed by atoms with Gasteiger partial charge in [-0.3, -0.25) is 9.69 Å². The zero-order chi connectivity index (χ0) is 18.5. The number of aromatic amines is 1. The van der Waals surface area contributed by atoms with E-state index >= 15 is 0 Å². The number of hydrogen-bond donors (Lipinski definition) is 1. The van der Waals surface area contributed by atoms with Crippen LogP contribution in [0, 0.1) is 5.82 Å². The summed E-state index contributed by atoms with van der Waals surface area (Å²) in [7, 11) is 0. The van der Waals surface area contributed by atoms with Gasteiger partial charge in [0.2, 0.25) is 0 Å². The van der Waals surface area contributed by atoms with E-state index in [0.717, 1.165) is 30.4 Å². The van der Waals surface area contributed by atoms with Crippen molar-refractivity contribution in [3.63, 3.8) is 0 Å². The molecule has 0 atom stereocenters. The van der Waals surface area contributed by atoms with Crippen molar-refractivity contribution in [2.24, 2.45) is 0 Å². The van der Waals surface area contributed by atoms with Crippen molar-refractivity contribution in [3.05, 3.63) is 62.6 Å². The molecule has 138 valence electrons. The third kappa shape index (κ3) is 3.25. The number of rotatable bonds is 3. The molecule has 0 saturated heterocycles. The first kappa shape index (κ1) is 17.2. The number of nitrogens with zero attached hydrogens (tertiary/aromatic N) is 2. The molecule has 26 heavy (non-hydrogen) atoms. The molecule has 1 aromatic heterocycles. The minimum atomic E-state index is -4.73. The second-order valence-electron chi connectivity index (χ2n) is 6.89. The maximum Gasteiger partial charge on any atom is 0.419 e. The highest BCUT2D eigenvalue weighted by molar-refractivity contribution is 5.29. The van der Waals surface area contributed by atoms with Crippen molar-refractivity contribution in [2.45, 2.75) is 44.4 Å². The van der Waals surface area contributed by atoms with Gasteiger partial charge in [0, 0.05) is 37.5 Å². The van der Waals surface area contributed by atoms with Gasteiger partial charge in [-0.05, 0) is 18.9 Å². The Balaban J connectivity index is 1.56. The van der Waals surface area contributed by atoms with Gasteiger partial charge in [0.15, 0.2) is 0 Å². The summed E-state index contributed by atoms with van der Waals surface area (Å²) in [5.41, 5.74) is -0.223. The number of alkyl halides is 3. The van der Waals surface area contributed by atoms with E-state index in [1.54, 1.807) is 4.90 Å². The van der Waals surface area contributed by atoms with Crippen molar-refractivity contribution in [1.82, 2.24) is 14.9 Å². The molecule has 8 heteroatoms. The van der Waals surface area contributed by atoms with Crippen LogP contribution in [0.5, 0.6) is 0 Å². The highest BCUT2D eigenvalue weighted by atomic mass is 19.4. The molecule has 1 aliphatic carbocycles. The normalized spacial score (nSPS) is 18.0. The maximum absolute atomic E-state index is 14.2. The van der Waals surface area contributed by atoms with Crippen molar-refractivity contribution in [2.75, 3.05) is 6.54 Å². The van der Waals surface area contributed by atoms with Gasteiger partial charge in [0.25, 0.3) is 5.56 Å². The third-order valence-corrected chi connectivity index (χ3v) is 4.91. The second-order valence-corrected chi connectivity index (χ2v) is 6.89. The fourth-order valence-corrected chi connectivity index (χ4v) is 3.35. The van der Waals surface area contributed by atoms with Gasteiger partial charge >= 0.3 is 6.18 Å². The van der Waals surface area contributed by atoms with E-state index in [1.807, 2.05) is 0 Å². The monoisotopic (exact) mass is 367 g/mol. The lowest BCUT2D eigenvalue weighted by atomic mass is 10.0. The summed E-state index contributed by atoms with van der Waals surface area (Å²) in [6, 6.07) is 3.28. The highest BCUT2D eigenvalue weighted by Crippen LogP contribution is 2.38. The highest BCUT2D eigenvalue weighted by Gasteiger charge is 2.35. The van der Waals surface area contributed by atoms with E-state index in [9.17, 15) is 22.4 Å². The lowest BCUT2D eigenvalue weighted by Crippen LogP contribution is -2.36. The van der Waals surface area contributed by atoms with Gasteiger partial charge in [0.05, 0.1) is 16.8 Å². The van der Waals surface area contributed by atoms with Gasteiger partial charge in [-0.25, -0.2) is 9.37 Å². The lowest BCUT2D eigenvalue weighted by molar-refractivity contribution is -0.140. The Morgan fingerprint density at radius 3 is 2.73 bits per heavy atom. The van der Waals surface area contributed by atoms with Crippen LogP contribution in [0.2, 0.25) is 0 Å². The molecule has 1 aromatic carbocycles. The second kappa shape index (κ2) is 6.19. The van der Waals surface area contributed by atoms with Crippen molar-refractivity contribution >= 4 is 0 Å². The molecule has 0 bridgehead atoms. The molecule has 1 aliphatic heterocycles. The third-order valence-electron chi connectivity index (χ3n) is 4.91. The average molecular weight is 367 g/mol. The molecular formula is C18H17F4N3O. The zero-order valence-electron chi connectivity index (χ0n) is 13.9. The van der Waals surface area contributed by atoms with Crippen LogP contribution in [0.25, 0.3) is 0 Å². The Kier molecular flexibility index (Phi) is 4.10. The summed E-state index contributed by atoms with van der Waals surface area (Å²) in [6.45, 7) is 0.778. The number of H-pyrrole nitrogens is 1. The minimum absolute atomic E-state index is 0.0129. The van der Waals surface area contributed by atoms with Crippen molar-refractivity contribution in [1.29, 1.82) is 0 Å². The molecule has 1 fully saturated rings. The first-order valence-corrected chi connectivity index (χ1v) is 8.52. The van der Waals surface area contributed by atoms with Gasteiger partial charge in [-0.15, -0.1) is 0 Å². The molecule has 0 spiro atoms. The largest absolute Gasteiger partial charge is 0.419 e. The standard InChI is InChI=1S/C18H17F4N3O/c19-15-11(2-1-3-13(15)18(20,21)22)8-25-7-6-14-12(9-25)17(26)24-16(23-14)10-4-5-10/h1-3,10H,4-9H2,(H,23,24,26). The fraction of sp³-hybridized carbons (Fsp3) is 0.444. The van der Waals surface area contributed by atoms with Gasteiger partial charge in [-0.1, -0.05) is 12.1 Å². The van der Waals surface area contributed by atoms with Crippen LogP contribution < -0.4 is 5.56 Å². The van der Waals surface area contributed by atoms with Crippen LogP contribution in [0.3, 0.4) is 0 Å². The first-order valence-electron chi connectivity index (χ1n) is 8.52. The zero-order valence-corrected chi connectivity index (χ0v) is 13.9. The minimum Gasteiger partial charge on any atom is -0.310 e. The fourth-order valence-electron chi connectivity index (χ4n) is 3.35. The molecule has 4 rings (SSSR count). The van der Waals surface area contributed by atoms with E-state index < -0.39 is 17.6 Å². The van der Waals surface area contributed by atoms with Crippen LogP contribution in [0.15, 0.2) is 23.0 Å². The van der Waals surface area contributed by atoms with Crippen LogP contribution in [-0.2, 0) is 25.7 Å². The van der Waals surface area contributed by atoms with E-state index in [2.05, 4.69) is 9.97 Å². The molecule has 2 aliphatic rings. The molecule has 1 N–H and O–H groups in total. The van der Waals surface area contributed by atoms with E-state index in [1.165, 1.54) is 12.1 Å². The van der Waals surface area contributed by atoms with Gasteiger partial charge in [-0.2, -0.15) is 13.2 Å². The number of halogens is 4. The number of nitrogens with one attached hydrogen (secondary N) is 1. The number of fused-ring (bicyclic) bond motifs is 1. The molecule has 0 amide bonds. The topological polar surface area (TPSA) is 49.0 Å². The Morgan fingerprint density at radius 2 is 2.04 bits per heavy atom. The molecule has 1 saturated carbocycles. The van der Waals surface area contributed by atoms with Crippen LogP contribution in [0.1, 0.15) is 47.0 Å². The Bertz CT molecular complexity index is 902. The molecular weight excluding hydrogens is 350 g/mol. The van der Waals surface area contributed by atoms with Crippen LogP contribution >= 0.6 is 0 Å². The number of hydrogen-bond acceptors (Lipinski definition) is 3. The van der Waals surface area contributed by atoms with Crippen LogP contribution in [-0.4, -0.2) is 21.4 Å². The average Bonchev–Trinajstić information content (AvgIpc) is 3.41. The number of benzene rings is 1. The van der Waals surface area contributed by atoms with Gasteiger partial charge in [0.1, 0.15) is 11.6 Å². The van der Waals surface area contributed by atoms with Crippen molar-refractivity contribution < 1.29 is 17.6 Å². The van der Waals surface area contributed by atoms with Gasteiger partial charge < -0.3 is 4.98 Å². The first-order chi connectivity index (χ1) is 12.3. The number of aromatic nitrogens is 2. The Hall–Kier alpha value is -2.22. The summed E-state index contributed by atoms with van der Waals surface area (Å²) in [5, 5.41) is 0. The smallest absolute Gasteiger partial charge is 0.310 e. The summed E-state index contributed by atoms with van der Waals surface area (Å²) >= 11 is 0. The summed E-state index contributed by atoms with van der Waals surface area (Å²) in [5.74, 6) is -0.182.